The minimum absolute atomic E-state index is 0.0713. The molecule has 0 bridgehead atoms. The number of alkyl carbamates (subject to hydrolysis) is 1. The summed E-state index contributed by atoms with van der Waals surface area (Å²) >= 11 is 0. The predicted molar refractivity (Wildman–Crippen MR) is 133 cm³/mol. The van der Waals surface area contributed by atoms with Gasteiger partial charge in [0.05, 0.1) is 6.42 Å². The Hall–Kier alpha value is -3.35. The van der Waals surface area contributed by atoms with Crippen LogP contribution in [0.15, 0.2) is 48.5 Å². The first kappa shape index (κ1) is 24.8. The number of carbonyl (C=O) groups is 3. The average molecular weight is 479 g/mol. The Balaban J connectivity index is 1.42. The summed E-state index contributed by atoms with van der Waals surface area (Å²) in [6.45, 7) is 3.77. The van der Waals surface area contributed by atoms with Gasteiger partial charge in [0.1, 0.15) is 12.1 Å². The molecule has 3 N–H and O–H groups in total. The molecule has 7 nitrogen and oxygen atoms in total. The van der Waals surface area contributed by atoms with Gasteiger partial charge in [-0.1, -0.05) is 68.3 Å². The minimum atomic E-state index is -1.20. The molecular formula is C28H34N2O5. The van der Waals surface area contributed by atoms with E-state index in [1.807, 2.05) is 31.2 Å². The van der Waals surface area contributed by atoms with Crippen LogP contribution in [-0.2, 0) is 14.3 Å². The van der Waals surface area contributed by atoms with Crippen molar-refractivity contribution in [1.82, 2.24) is 10.6 Å². The van der Waals surface area contributed by atoms with Gasteiger partial charge in [0.15, 0.2) is 0 Å². The zero-order valence-electron chi connectivity index (χ0n) is 20.4. The summed E-state index contributed by atoms with van der Waals surface area (Å²) in [4.78, 5) is 37.5. The van der Waals surface area contributed by atoms with E-state index in [1.54, 1.807) is 6.92 Å². The molecule has 0 spiro atoms. The third-order valence-electron chi connectivity index (χ3n) is 7.40. The Morgan fingerprint density at radius 2 is 1.66 bits per heavy atom. The molecule has 0 heterocycles. The fraction of sp³-hybridized carbons (Fsp3) is 0.464. The zero-order valence-corrected chi connectivity index (χ0v) is 20.4. The number of carboxylic acid groups (broad SMARTS) is 1. The SMILES string of the molecule is CCCC(C)(NC(=O)OCC1c2ccccc2-c2ccccc21)C(=O)NC(CC(=O)O)C1CCC1. The summed E-state index contributed by atoms with van der Waals surface area (Å²) in [5, 5.41) is 15.0. The van der Waals surface area contributed by atoms with Gasteiger partial charge >= 0.3 is 12.1 Å². The first-order valence-corrected chi connectivity index (χ1v) is 12.5. The zero-order chi connectivity index (χ0) is 25.0. The molecule has 0 saturated heterocycles. The minimum Gasteiger partial charge on any atom is -0.481 e. The highest BCUT2D eigenvalue weighted by Gasteiger charge is 2.39. The van der Waals surface area contributed by atoms with Gasteiger partial charge in [-0.2, -0.15) is 0 Å². The molecule has 0 aliphatic heterocycles. The molecule has 2 aliphatic carbocycles. The summed E-state index contributed by atoms with van der Waals surface area (Å²) in [5.74, 6) is -1.22. The molecule has 2 unspecified atom stereocenters. The highest BCUT2D eigenvalue weighted by Crippen LogP contribution is 2.44. The van der Waals surface area contributed by atoms with Crippen molar-refractivity contribution in [3.8, 4) is 11.1 Å². The first-order valence-electron chi connectivity index (χ1n) is 12.5. The number of hydrogen-bond acceptors (Lipinski definition) is 4. The van der Waals surface area contributed by atoms with Gasteiger partial charge in [0, 0.05) is 12.0 Å². The van der Waals surface area contributed by atoms with Crippen molar-refractivity contribution < 1.29 is 24.2 Å². The summed E-state index contributed by atoms with van der Waals surface area (Å²) < 4.78 is 5.66. The lowest BCUT2D eigenvalue weighted by molar-refractivity contribution is -0.138. The number of amides is 2. The maximum atomic E-state index is 13.2. The lowest BCUT2D eigenvalue weighted by atomic mass is 9.78. The van der Waals surface area contributed by atoms with Gasteiger partial charge < -0.3 is 20.5 Å². The van der Waals surface area contributed by atoms with Crippen LogP contribution in [-0.4, -0.2) is 41.3 Å². The van der Waals surface area contributed by atoms with Crippen LogP contribution in [0.4, 0.5) is 4.79 Å². The second-order valence-corrected chi connectivity index (χ2v) is 9.90. The van der Waals surface area contributed by atoms with E-state index in [0.29, 0.717) is 12.8 Å². The normalized spacial score (nSPS) is 17.3. The van der Waals surface area contributed by atoms with Crippen molar-refractivity contribution >= 4 is 18.0 Å². The van der Waals surface area contributed by atoms with Crippen LogP contribution in [0.3, 0.4) is 0 Å². The third kappa shape index (κ3) is 5.34. The fourth-order valence-corrected chi connectivity index (χ4v) is 5.29. The monoisotopic (exact) mass is 478 g/mol. The molecule has 2 aliphatic rings. The van der Waals surface area contributed by atoms with Crippen LogP contribution in [0.25, 0.3) is 11.1 Å². The number of aliphatic carboxylic acids is 1. The van der Waals surface area contributed by atoms with E-state index in [-0.39, 0.29) is 30.8 Å². The molecule has 7 heteroatoms. The van der Waals surface area contributed by atoms with Crippen molar-refractivity contribution in [2.24, 2.45) is 5.92 Å². The number of ether oxygens (including phenoxy) is 1. The molecule has 186 valence electrons. The van der Waals surface area contributed by atoms with Gasteiger partial charge in [-0.15, -0.1) is 0 Å². The fourth-order valence-electron chi connectivity index (χ4n) is 5.29. The number of carboxylic acids is 1. The number of hydrogen-bond donors (Lipinski definition) is 3. The molecule has 0 radical (unpaired) electrons. The van der Waals surface area contributed by atoms with Crippen LogP contribution in [0.5, 0.6) is 0 Å². The molecule has 2 aromatic carbocycles. The second-order valence-electron chi connectivity index (χ2n) is 9.90. The summed E-state index contributed by atoms with van der Waals surface area (Å²) in [7, 11) is 0. The highest BCUT2D eigenvalue weighted by molar-refractivity contribution is 5.90. The molecule has 2 atom stereocenters. The molecule has 1 saturated carbocycles. The molecule has 1 fully saturated rings. The van der Waals surface area contributed by atoms with Crippen molar-refractivity contribution in [2.45, 2.75) is 69.9 Å². The van der Waals surface area contributed by atoms with Crippen LogP contribution < -0.4 is 10.6 Å². The smallest absolute Gasteiger partial charge is 0.408 e. The molecule has 4 rings (SSSR count). The van der Waals surface area contributed by atoms with E-state index in [4.69, 9.17) is 4.74 Å². The Bertz CT molecular complexity index is 1050. The number of rotatable bonds is 10. The standard InChI is InChI=1S/C28H34N2O5/c1-3-15-28(2,26(33)29-24(16-25(31)32)18-9-8-10-18)30-27(34)35-17-23-21-13-6-4-11-19(21)20-12-5-7-14-22(20)23/h4-7,11-14,18,23-24H,3,8-10,15-17H2,1-2H3,(H,29,33)(H,30,34)(H,31,32). The number of nitrogens with one attached hydrogen (secondary N) is 2. The van der Waals surface area contributed by atoms with E-state index in [9.17, 15) is 19.5 Å². The van der Waals surface area contributed by atoms with E-state index in [0.717, 1.165) is 41.5 Å². The summed E-state index contributed by atoms with van der Waals surface area (Å²) in [5.41, 5.74) is 3.33. The highest BCUT2D eigenvalue weighted by atomic mass is 16.5. The number of benzene rings is 2. The maximum absolute atomic E-state index is 13.2. The molecular weight excluding hydrogens is 444 g/mol. The largest absolute Gasteiger partial charge is 0.481 e. The van der Waals surface area contributed by atoms with Crippen molar-refractivity contribution in [1.29, 1.82) is 0 Å². The molecule has 0 aromatic heterocycles. The maximum Gasteiger partial charge on any atom is 0.408 e. The third-order valence-corrected chi connectivity index (χ3v) is 7.40. The van der Waals surface area contributed by atoms with Gasteiger partial charge in [-0.05, 0) is 54.4 Å². The lowest BCUT2D eigenvalue weighted by Gasteiger charge is -2.37. The Morgan fingerprint density at radius 3 is 2.17 bits per heavy atom. The number of carbonyl (C=O) groups excluding carboxylic acids is 2. The quantitative estimate of drug-likeness (QED) is 0.453. The van der Waals surface area contributed by atoms with E-state index in [2.05, 4.69) is 34.9 Å². The Labute approximate surface area is 206 Å². The van der Waals surface area contributed by atoms with Gasteiger partial charge in [0.2, 0.25) is 5.91 Å². The number of fused-ring (bicyclic) bond motifs is 3. The van der Waals surface area contributed by atoms with Crippen LogP contribution >= 0.6 is 0 Å². The average Bonchev–Trinajstić information content (AvgIpc) is 3.10. The van der Waals surface area contributed by atoms with E-state index >= 15 is 0 Å². The van der Waals surface area contributed by atoms with Crippen LogP contribution in [0.1, 0.15) is 69.4 Å². The van der Waals surface area contributed by atoms with Gasteiger partial charge in [-0.3, -0.25) is 9.59 Å². The van der Waals surface area contributed by atoms with Crippen molar-refractivity contribution in [3.63, 3.8) is 0 Å². The van der Waals surface area contributed by atoms with Gasteiger partial charge in [-0.25, -0.2) is 4.79 Å². The Kier molecular flexibility index (Phi) is 7.43. The molecule has 2 amide bonds. The lowest BCUT2D eigenvalue weighted by Crippen LogP contribution is -2.60. The molecule has 35 heavy (non-hydrogen) atoms. The van der Waals surface area contributed by atoms with E-state index in [1.165, 1.54) is 0 Å². The van der Waals surface area contributed by atoms with Crippen LogP contribution in [0, 0.1) is 5.92 Å². The second kappa shape index (κ2) is 10.5. The summed E-state index contributed by atoms with van der Waals surface area (Å²) in [6, 6.07) is 15.8. The van der Waals surface area contributed by atoms with Gasteiger partial charge in [0.25, 0.3) is 0 Å². The first-order chi connectivity index (χ1) is 16.8. The molecule has 2 aromatic rings. The summed E-state index contributed by atoms with van der Waals surface area (Å²) in [6.07, 6.45) is 3.15. The van der Waals surface area contributed by atoms with Crippen molar-refractivity contribution in [3.05, 3.63) is 59.7 Å². The van der Waals surface area contributed by atoms with Crippen LogP contribution in [0.2, 0.25) is 0 Å². The topological polar surface area (TPSA) is 105 Å². The van der Waals surface area contributed by atoms with Crippen molar-refractivity contribution in [2.75, 3.05) is 6.61 Å². The predicted octanol–water partition coefficient (Wildman–Crippen LogP) is 4.84. The van der Waals surface area contributed by atoms with E-state index < -0.39 is 23.6 Å². The Morgan fingerprint density at radius 1 is 1.06 bits per heavy atom.